The van der Waals surface area contributed by atoms with Gasteiger partial charge in [0.25, 0.3) is 0 Å². The van der Waals surface area contributed by atoms with E-state index in [1.54, 1.807) is 0 Å². The van der Waals surface area contributed by atoms with E-state index in [4.69, 9.17) is 5.73 Å². The van der Waals surface area contributed by atoms with Crippen LogP contribution in [0.3, 0.4) is 0 Å². The number of amides is 2. The molecule has 1 aromatic rings. The number of unbranched alkanes of at least 4 members (excludes halogenated alkanes) is 1. The number of carbonyl (C=O) groups excluding carboxylic acids is 2. The number of hydrogen-bond acceptors (Lipinski definition) is 5. The molecule has 0 aliphatic carbocycles. The summed E-state index contributed by atoms with van der Waals surface area (Å²) in [6.07, 6.45) is 3.10. The third-order valence-electron chi connectivity index (χ3n) is 4.60. The van der Waals surface area contributed by atoms with Crippen molar-refractivity contribution >= 4 is 17.5 Å². The highest BCUT2D eigenvalue weighted by atomic mass is 16.2. The number of piperidine rings is 1. The van der Waals surface area contributed by atoms with E-state index < -0.39 is 0 Å². The Kier molecular flexibility index (Phi) is 4.93. The molecule has 1 saturated heterocycles. The van der Waals surface area contributed by atoms with Crippen LogP contribution in [0.25, 0.3) is 0 Å². The summed E-state index contributed by atoms with van der Waals surface area (Å²) in [4.78, 5) is 25.5. The van der Waals surface area contributed by atoms with Crippen molar-refractivity contribution in [2.75, 3.05) is 18.4 Å². The molecule has 2 aliphatic heterocycles. The van der Waals surface area contributed by atoms with Crippen molar-refractivity contribution < 1.29 is 9.59 Å². The van der Waals surface area contributed by atoms with Crippen LogP contribution in [0.5, 0.6) is 0 Å². The first-order valence-electron chi connectivity index (χ1n) is 8.31. The van der Waals surface area contributed by atoms with Crippen molar-refractivity contribution in [1.29, 1.82) is 0 Å². The highest BCUT2D eigenvalue weighted by molar-refractivity contribution is 6.00. The second kappa shape index (κ2) is 7.10. The van der Waals surface area contributed by atoms with E-state index in [1.807, 2.05) is 0 Å². The maximum absolute atomic E-state index is 12.1. The fourth-order valence-corrected chi connectivity index (χ4v) is 3.36. The third-order valence-corrected chi connectivity index (χ3v) is 4.60. The second-order valence-corrected chi connectivity index (χ2v) is 6.24. The zero-order chi connectivity index (χ0) is 16.2. The van der Waals surface area contributed by atoms with Gasteiger partial charge >= 0.3 is 0 Å². The van der Waals surface area contributed by atoms with Crippen LogP contribution >= 0.6 is 0 Å². The first kappa shape index (κ1) is 16.0. The minimum Gasteiger partial charge on any atom is -0.385 e. The lowest BCUT2D eigenvalue weighted by molar-refractivity contribution is -0.137. The molecule has 6 heteroatoms. The van der Waals surface area contributed by atoms with Crippen LogP contribution in [-0.2, 0) is 22.7 Å². The van der Waals surface area contributed by atoms with Crippen molar-refractivity contribution in [2.24, 2.45) is 5.73 Å². The summed E-state index contributed by atoms with van der Waals surface area (Å²) in [5, 5.41) is 5.93. The lowest BCUT2D eigenvalue weighted by Crippen LogP contribution is -2.50. The molecular formula is C17H24N4O2. The van der Waals surface area contributed by atoms with Crippen molar-refractivity contribution in [2.45, 2.75) is 44.8 Å². The first-order valence-corrected chi connectivity index (χ1v) is 8.31. The van der Waals surface area contributed by atoms with Gasteiger partial charge in [0.15, 0.2) is 0 Å². The van der Waals surface area contributed by atoms with E-state index in [9.17, 15) is 9.59 Å². The molecule has 124 valence electrons. The van der Waals surface area contributed by atoms with Crippen molar-refractivity contribution in [1.82, 2.24) is 10.2 Å². The Morgan fingerprint density at radius 2 is 2.13 bits per heavy atom. The molecule has 0 aromatic heterocycles. The molecule has 0 saturated carbocycles. The van der Waals surface area contributed by atoms with Crippen LogP contribution in [0.2, 0.25) is 0 Å². The quantitative estimate of drug-likeness (QED) is 0.537. The lowest BCUT2D eigenvalue weighted by atomic mass is 10.0. The van der Waals surface area contributed by atoms with Gasteiger partial charge < -0.3 is 11.1 Å². The third kappa shape index (κ3) is 3.54. The van der Waals surface area contributed by atoms with Gasteiger partial charge in [-0.1, -0.05) is 12.1 Å². The van der Waals surface area contributed by atoms with E-state index in [0.717, 1.165) is 44.7 Å². The molecule has 23 heavy (non-hydrogen) atoms. The predicted octanol–water partition coefficient (Wildman–Crippen LogP) is 0.958. The van der Waals surface area contributed by atoms with Gasteiger partial charge in [-0.2, -0.15) is 0 Å². The molecule has 1 fully saturated rings. The number of anilines is 1. The number of benzene rings is 1. The van der Waals surface area contributed by atoms with Gasteiger partial charge in [-0.15, -0.1) is 0 Å². The van der Waals surface area contributed by atoms with Crippen LogP contribution in [-0.4, -0.2) is 35.8 Å². The SMILES string of the molecule is NCCCCNc1cccc2c1CN(C1CCC(=O)NC1=O)C2. The van der Waals surface area contributed by atoms with Crippen LogP contribution in [0, 0.1) is 0 Å². The molecular weight excluding hydrogens is 292 g/mol. The topological polar surface area (TPSA) is 87.5 Å². The Bertz CT molecular complexity index is 602. The number of carbonyl (C=O) groups is 2. The Labute approximate surface area is 136 Å². The fourth-order valence-electron chi connectivity index (χ4n) is 3.36. The Balaban J connectivity index is 1.66. The van der Waals surface area contributed by atoms with Crippen LogP contribution < -0.4 is 16.4 Å². The summed E-state index contributed by atoms with van der Waals surface area (Å²) in [5.41, 5.74) is 9.20. The van der Waals surface area contributed by atoms with Crippen molar-refractivity contribution in [3.8, 4) is 0 Å². The standard InChI is InChI=1S/C17H24N4O2/c18-8-1-2-9-19-14-5-3-4-12-10-21(11-13(12)14)15-6-7-16(22)20-17(15)23/h3-5,15,19H,1-2,6-11,18H2,(H,20,22,23). The maximum Gasteiger partial charge on any atom is 0.243 e. The second-order valence-electron chi connectivity index (χ2n) is 6.24. The summed E-state index contributed by atoms with van der Waals surface area (Å²) in [7, 11) is 0. The maximum atomic E-state index is 12.1. The van der Waals surface area contributed by atoms with Gasteiger partial charge in [0.1, 0.15) is 0 Å². The predicted molar refractivity (Wildman–Crippen MR) is 88.6 cm³/mol. The molecule has 1 unspecified atom stereocenters. The Morgan fingerprint density at radius 1 is 1.26 bits per heavy atom. The number of fused-ring (bicyclic) bond motifs is 1. The number of hydrogen-bond donors (Lipinski definition) is 3. The molecule has 2 heterocycles. The molecule has 4 N–H and O–H groups in total. The average Bonchev–Trinajstić information content (AvgIpc) is 2.96. The fraction of sp³-hybridized carbons (Fsp3) is 0.529. The summed E-state index contributed by atoms with van der Waals surface area (Å²) in [6.45, 7) is 3.14. The molecule has 3 rings (SSSR count). The van der Waals surface area contributed by atoms with Crippen LogP contribution in [0.15, 0.2) is 18.2 Å². The Morgan fingerprint density at radius 3 is 2.91 bits per heavy atom. The summed E-state index contributed by atoms with van der Waals surface area (Å²) in [5.74, 6) is -0.322. The van der Waals surface area contributed by atoms with E-state index in [1.165, 1.54) is 11.1 Å². The van der Waals surface area contributed by atoms with Crippen LogP contribution in [0.1, 0.15) is 36.8 Å². The monoisotopic (exact) mass is 316 g/mol. The summed E-state index contributed by atoms with van der Waals surface area (Å²) in [6, 6.07) is 6.06. The van der Waals surface area contributed by atoms with Gasteiger partial charge in [0.2, 0.25) is 11.8 Å². The lowest BCUT2D eigenvalue weighted by Gasteiger charge is -2.29. The molecule has 1 aromatic carbocycles. The Hall–Kier alpha value is -1.92. The van der Waals surface area contributed by atoms with Gasteiger partial charge in [-0.25, -0.2) is 0 Å². The molecule has 0 bridgehead atoms. The number of imide groups is 1. The number of nitrogens with one attached hydrogen (secondary N) is 2. The molecule has 0 radical (unpaired) electrons. The van der Waals surface area contributed by atoms with Gasteiger partial charge in [-0.3, -0.25) is 19.8 Å². The zero-order valence-corrected chi connectivity index (χ0v) is 13.3. The van der Waals surface area contributed by atoms with Crippen LogP contribution in [0.4, 0.5) is 5.69 Å². The summed E-state index contributed by atoms with van der Waals surface area (Å²) < 4.78 is 0. The highest BCUT2D eigenvalue weighted by Crippen LogP contribution is 2.32. The minimum absolute atomic E-state index is 0.161. The summed E-state index contributed by atoms with van der Waals surface area (Å²) >= 11 is 0. The first-order chi connectivity index (χ1) is 11.2. The highest BCUT2D eigenvalue weighted by Gasteiger charge is 2.35. The van der Waals surface area contributed by atoms with Gasteiger partial charge in [-0.05, 0) is 43.0 Å². The molecule has 2 aliphatic rings. The van der Waals surface area contributed by atoms with E-state index in [2.05, 4.69) is 33.7 Å². The molecule has 6 nitrogen and oxygen atoms in total. The number of nitrogens with zero attached hydrogens (tertiary/aromatic N) is 1. The molecule has 2 amide bonds. The molecule has 0 spiro atoms. The normalized spacial score (nSPS) is 21.2. The van der Waals surface area contributed by atoms with Gasteiger partial charge in [0.05, 0.1) is 6.04 Å². The zero-order valence-electron chi connectivity index (χ0n) is 13.3. The van der Waals surface area contributed by atoms with Crippen molar-refractivity contribution in [3.63, 3.8) is 0 Å². The minimum atomic E-state index is -0.204. The number of nitrogens with two attached hydrogens (primary N) is 1. The van der Waals surface area contributed by atoms with Crippen molar-refractivity contribution in [3.05, 3.63) is 29.3 Å². The van der Waals surface area contributed by atoms with Gasteiger partial charge in [0, 0.05) is 31.7 Å². The average molecular weight is 316 g/mol. The largest absolute Gasteiger partial charge is 0.385 e. The van der Waals surface area contributed by atoms with E-state index >= 15 is 0 Å². The van der Waals surface area contributed by atoms with E-state index in [-0.39, 0.29) is 17.9 Å². The molecule has 1 atom stereocenters. The van der Waals surface area contributed by atoms with E-state index in [0.29, 0.717) is 12.8 Å². The smallest absolute Gasteiger partial charge is 0.243 e. The number of rotatable bonds is 6.